The minimum Gasteiger partial charge on any atom is -0.370 e. The van der Waals surface area contributed by atoms with Crippen LogP contribution in [0.5, 0.6) is 0 Å². The van der Waals surface area contributed by atoms with Crippen molar-refractivity contribution in [2.45, 2.75) is 62.4 Å². The molecule has 1 aliphatic carbocycles. The molecule has 4 nitrogen and oxygen atoms in total. The predicted octanol–water partition coefficient (Wildman–Crippen LogP) is 2.68. The molecule has 4 aliphatic rings. The molecule has 2 N–H and O–H groups in total. The highest BCUT2D eigenvalue weighted by Crippen LogP contribution is 2.39. The lowest BCUT2D eigenvalue weighted by Crippen LogP contribution is -2.51. The van der Waals surface area contributed by atoms with E-state index in [0.29, 0.717) is 18.7 Å². The first-order chi connectivity index (χ1) is 13.1. The van der Waals surface area contributed by atoms with E-state index in [0.717, 1.165) is 31.0 Å². The van der Waals surface area contributed by atoms with Gasteiger partial charge in [-0.25, -0.2) is 8.78 Å². The van der Waals surface area contributed by atoms with Gasteiger partial charge in [-0.3, -0.25) is 9.80 Å². The van der Waals surface area contributed by atoms with Crippen LogP contribution in [0.15, 0.2) is 18.2 Å². The van der Waals surface area contributed by atoms with E-state index < -0.39 is 17.7 Å². The van der Waals surface area contributed by atoms with Gasteiger partial charge in [-0.1, -0.05) is 0 Å². The Balaban J connectivity index is 1.24. The number of halogens is 2. The lowest BCUT2D eigenvalue weighted by molar-refractivity contribution is -0.0547. The van der Waals surface area contributed by atoms with Crippen LogP contribution in [0.1, 0.15) is 43.8 Å². The third kappa shape index (κ3) is 3.41. The number of nitrogens with zero attached hydrogens (tertiary/aromatic N) is 2. The Bertz CT molecular complexity index is 698. The van der Waals surface area contributed by atoms with Crippen molar-refractivity contribution in [3.63, 3.8) is 0 Å². The van der Waals surface area contributed by atoms with E-state index in [1.165, 1.54) is 44.8 Å². The Morgan fingerprint density at radius 2 is 1.89 bits per heavy atom. The monoisotopic (exact) mass is 377 g/mol. The van der Waals surface area contributed by atoms with Crippen LogP contribution in [0.2, 0.25) is 0 Å². The average Bonchev–Trinajstić information content (AvgIpc) is 3.23. The minimum absolute atomic E-state index is 0.247. The first kappa shape index (κ1) is 18.0. The summed E-state index contributed by atoms with van der Waals surface area (Å²) in [5.41, 5.74) is 6.62. The van der Waals surface area contributed by atoms with Crippen molar-refractivity contribution >= 4 is 0 Å². The highest BCUT2D eigenvalue weighted by atomic mass is 19.1. The standard InChI is InChI=1S/C21H29F2N3O/c22-14-3-4-17(23)16(9-14)21-18(24)10-15(12-27-21)26-8-6-19-20(26)5-7-25(19)11-13-1-2-13/h3-4,9,13,15,18-21H,1-2,5-8,10-12,24H2/t15-,18+,19?,20?,21-/m1/s1. The fourth-order valence-corrected chi connectivity index (χ4v) is 5.55. The molecule has 6 heteroatoms. The summed E-state index contributed by atoms with van der Waals surface area (Å²) in [6.45, 7) is 4.12. The number of hydrogen-bond acceptors (Lipinski definition) is 4. The van der Waals surface area contributed by atoms with Crippen molar-refractivity contribution in [3.05, 3.63) is 35.4 Å². The summed E-state index contributed by atoms with van der Waals surface area (Å²) >= 11 is 0. The van der Waals surface area contributed by atoms with Crippen molar-refractivity contribution in [2.75, 3.05) is 26.2 Å². The van der Waals surface area contributed by atoms with Crippen LogP contribution in [-0.2, 0) is 4.74 Å². The summed E-state index contributed by atoms with van der Waals surface area (Å²) in [4.78, 5) is 5.30. The Morgan fingerprint density at radius 3 is 2.67 bits per heavy atom. The summed E-state index contributed by atoms with van der Waals surface area (Å²) in [6, 6.07) is 4.76. The largest absolute Gasteiger partial charge is 0.370 e. The minimum atomic E-state index is -0.565. The number of rotatable bonds is 4. The SMILES string of the molecule is N[C@H]1C[C@@H](N2CCC3C2CCN3CC2CC2)CO[C@@H]1c1cc(F)ccc1F. The van der Waals surface area contributed by atoms with Gasteiger partial charge in [-0.15, -0.1) is 0 Å². The molecule has 0 aromatic heterocycles. The normalized spacial score (nSPS) is 37.7. The molecule has 3 saturated heterocycles. The van der Waals surface area contributed by atoms with Gasteiger partial charge in [0, 0.05) is 49.4 Å². The van der Waals surface area contributed by atoms with E-state index in [1.807, 2.05) is 0 Å². The van der Waals surface area contributed by atoms with E-state index in [2.05, 4.69) is 9.80 Å². The molecule has 0 amide bonds. The first-order valence-corrected chi connectivity index (χ1v) is 10.4. The molecule has 148 valence electrons. The molecule has 3 heterocycles. The van der Waals surface area contributed by atoms with Crippen LogP contribution in [0.25, 0.3) is 0 Å². The van der Waals surface area contributed by atoms with Crippen LogP contribution < -0.4 is 5.73 Å². The Morgan fingerprint density at radius 1 is 1.07 bits per heavy atom. The van der Waals surface area contributed by atoms with E-state index in [9.17, 15) is 8.78 Å². The fraction of sp³-hybridized carbons (Fsp3) is 0.714. The Labute approximate surface area is 159 Å². The highest BCUT2D eigenvalue weighted by Gasteiger charge is 2.47. The molecule has 5 atom stereocenters. The molecule has 0 bridgehead atoms. The molecule has 2 unspecified atom stereocenters. The van der Waals surface area contributed by atoms with Crippen LogP contribution in [0.3, 0.4) is 0 Å². The number of nitrogens with two attached hydrogens (primary N) is 1. The maximum atomic E-state index is 14.1. The summed E-state index contributed by atoms with van der Waals surface area (Å²) in [5, 5.41) is 0. The molecule has 5 rings (SSSR count). The molecule has 0 spiro atoms. The summed E-state index contributed by atoms with van der Waals surface area (Å²) < 4.78 is 33.7. The van der Waals surface area contributed by atoms with E-state index in [4.69, 9.17) is 10.5 Å². The van der Waals surface area contributed by atoms with Crippen LogP contribution in [-0.4, -0.2) is 60.2 Å². The van der Waals surface area contributed by atoms with Gasteiger partial charge in [-0.05, 0) is 56.2 Å². The summed E-state index contributed by atoms with van der Waals surface area (Å²) in [6.07, 6.45) is 5.47. The second kappa shape index (κ2) is 7.07. The van der Waals surface area contributed by atoms with Gasteiger partial charge in [0.25, 0.3) is 0 Å². The van der Waals surface area contributed by atoms with Gasteiger partial charge in [0.2, 0.25) is 0 Å². The summed E-state index contributed by atoms with van der Waals surface area (Å²) in [7, 11) is 0. The first-order valence-electron chi connectivity index (χ1n) is 10.4. The van der Waals surface area contributed by atoms with Crippen molar-refractivity contribution in [1.29, 1.82) is 0 Å². The Kier molecular flexibility index (Phi) is 4.71. The Hall–Kier alpha value is -1.08. The van der Waals surface area contributed by atoms with E-state index in [1.54, 1.807) is 0 Å². The van der Waals surface area contributed by atoms with Crippen molar-refractivity contribution in [3.8, 4) is 0 Å². The van der Waals surface area contributed by atoms with Gasteiger partial charge in [-0.2, -0.15) is 0 Å². The number of benzene rings is 1. The second-order valence-electron chi connectivity index (χ2n) is 8.86. The number of fused-ring (bicyclic) bond motifs is 1. The second-order valence-corrected chi connectivity index (χ2v) is 8.86. The van der Waals surface area contributed by atoms with Gasteiger partial charge < -0.3 is 10.5 Å². The van der Waals surface area contributed by atoms with E-state index >= 15 is 0 Å². The van der Waals surface area contributed by atoms with Crippen molar-refractivity contribution in [1.82, 2.24) is 9.80 Å². The molecule has 1 aromatic carbocycles. The fourth-order valence-electron chi connectivity index (χ4n) is 5.55. The number of likely N-dealkylation sites (tertiary alicyclic amines) is 2. The lowest BCUT2D eigenvalue weighted by Gasteiger charge is -2.40. The quantitative estimate of drug-likeness (QED) is 0.876. The highest BCUT2D eigenvalue weighted by molar-refractivity contribution is 5.23. The average molecular weight is 377 g/mol. The van der Waals surface area contributed by atoms with Gasteiger partial charge >= 0.3 is 0 Å². The number of ether oxygens (including phenoxy) is 1. The molecular weight excluding hydrogens is 348 g/mol. The molecule has 1 saturated carbocycles. The number of hydrogen-bond donors (Lipinski definition) is 1. The van der Waals surface area contributed by atoms with E-state index in [-0.39, 0.29) is 17.6 Å². The van der Waals surface area contributed by atoms with Crippen LogP contribution >= 0.6 is 0 Å². The summed E-state index contributed by atoms with van der Waals surface area (Å²) in [5.74, 6) is 0.0441. The smallest absolute Gasteiger partial charge is 0.129 e. The molecular formula is C21H29F2N3O. The third-order valence-corrected chi connectivity index (χ3v) is 7.06. The van der Waals surface area contributed by atoms with Crippen LogP contribution in [0.4, 0.5) is 8.78 Å². The topological polar surface area (TPSA) is 41.7 Å². The zero-order chi connectivity index (χ0) is 18.5. The third-order valence-electron chi connectivity index (χ3n) is 7.06. The molecule has 3 aliphatic heterocycles. The molecule has 1 aromatic rings. The van der Waals surface area contributed by atoms with Crippen molar-refractivity contribution < 1.29 is 13.5 Å². The van der Waals surface area contributed by atoms with Gasteiger partial charge in [0.1, 0.15) is 17.7 Å². The maximum absolute atomic E-state index is 14.1. The molecule has 27 heavy (non-hydrogen) atoms. The van der Waals surface area contributed by atoms with Gasteiger partial charge in [0.05, 0.1) is 6.61 Å². The zero-order valence-corrected chi connectivity index (χ0v) is 15.7. The zero-order valence-electron chi connectivity index (χ0n) is 15.7. The lowest BCUT2D eigenvalue weighted by atomic mass is 9.93. The van der Waals surface area contributed by atoms with Crippen molar-refractivity contribution in [2.24, 2.45) is 11.7 Å². The maximum Gasteiger partial charge on any atom is 0.129 e. The predicted molar refractivity (Wildman–Crippen MR) is 99.2 cm³/mol. The van der Waals surface area contributed by atoms with Gasteiger partial charge in [0.15, 0.2) is 0 Å². The molecule has 4 fully saturated rings. The molecule has 0 radical (unpaired) electrons. The van der Waals surface area contributed by atoms with Crippen LogP contribution in [0, 0.1) is 17.6 Å².